The summed E-state index contributed by atoms with van der Waals surface area (Å²) >= 11 is 0. The van der Waals surface area contributed by atoms with Crippen molar-refractivity contribution in [2.45, 2.75) is 6.42 Å². The topological polar surface area (TPSA) is 89.7 Å². The molecule has 2 aromatic heterocycles. The van der Waals surface area contributed by atoms with Gasteiger partial charge in [0.25, 0.3) is 0 Å². The maximum absolute atomic E-state index is 5.69. The van der Waals surface area contributed by atoms with Crippen LogP contribution in [0.5, 0.6) is 5.75 Å². The minimum absolute atomic E-state index is 0.234. The molecule has 1 aromatic carbocycles. The first kappa shape index (κ1) is 11.5. The Bertz CT molecular complexity index is 722. The lowest BCUT2D eigenvalue weighted by Crippen LogP contribution is -2.01. The number of nitrogens with zero attached hydrogens (tertiary/aromatic N) is 3. The van der Waals surface area contributed by atoms with Crippen LogP contribution in [0.3, 0.4) is 0 Å². The minimum atomic E-state index is 0.234. The predicted molar refractivity (Wildman–Crippen MR) is 71.9 cm³/mol. The molecule has 0 fully saturated rings. The van der Waals surface area contributed by atoms with Crippen LogP contribution in [0.1, 0.15) is 11.3 Å². The Balaban J connectivity index is 2.02. The number of ether oxygens (including phenoxy) is 1. The van der Waals surface area contributed by atoms with E-state index in [1.54, 1.807) is 13.4 Å². The zero-order valence-corrected chi connectivity index (χ0v) is 10.4. The third kappa shape index (κ3) is 2.20. The molecule has 3 rings (SSSR count). The summed E-state index contributed by atoms with van der Waals surface area (Å²) in [5, 5.41) is 0. The fourth-order valence-corrected chi connectivity index (χ4v) is 2.02. The van der Waals surface area contributed by atoms with Gasteiger partial charge < -0.3 is 15.5 Å². The Labute approximate surface area is 109 Å². The number of benzene rings is 1. The summed E-state index contributed by atoms with van der Waals surface area (Å²) in [6, 6.07) is 7.84. The highest BCUT2D eigenvalue weighted by Crippen LogP contribution is 2.19. The number of H-pyrrole nitrogens is 1. The number of imidazole rings is 1. The van der Waals surface area contributed by atoms with E-state index in [1.165, 1.54) is 0 Å². The molecule has 0 aliphatic rings. The van der Waals surface area contributed by atoms with E-state index in [1.807, 2.05) is 24.3 Å². The van der Waals surface area contributed by atoms with Crippen LogP contribution in [0.2, 0.25) is 0 Å². The number of aromatic nitrogens is 4. The second kappa shape index (κ2) is 4.56. The second-order valence-electron chi connectivity index (χ2n) is 4.16. The number of nitrogens with two attached hydrogens (primary N) is 1. The van der Waals surface area contributed by atoms with Crippen molar-refractivity contribution in [3.05, 3.63) is 41.9 Å². The van der Waals surface area contributed by atoms with Crippen LogP contribution in [0, 0.1) is 0 Å². The third-order valence-electron chi connectivity index (χ3n) is 2.88. The standard InChI is InChI=1S/C13H13N5O/c1-19-9-4-2-3-8(5-9)6-10-11-12(16-7-15-11)18-13(14)17-10/h2-5,7H,6H2,1H3,(H3,14,15,16,17,18). The van der Waals surface area contributed by atoms with Crippen molar-refractivity contribution in [1.29, 1.82) is 0 Å². The van der Waals surface area contributed by atoms with E-state index in [9.17, 15) is 0 Å². The van der Waals surface area contributed by atoms with E-state index < -0.39 is 0 Å². The van der Waals surface area contributed by atoms with E-state index in [-0.39, 0.29) is 5.95 Å². The number of hydrogen-bond acceptors (Lipinski definition) is 5. The van der Waals surface area contributed by atoms with E-state index >= 15 is 0 Å². The summed E-state index contributed by atoms with van der Waals surface area (Å²) in [7, 11) is 1.65. The summed E-state index contributed by atoms with van der Waals surface area (Å²) < 4.78 is 5.21. The molecule has 2 heterocycles. The molecule has 0 aliphatic heterocycles. The van der Waals surface area contributed by atoms with Gasteiger partial charge in [0, 0.05) is 6.42 Å². The van der Waals surface area contributed by atoms with E-state index in [0.717, 1.165) is 22.5 Å². The van der Waals surface area contributed by atoms with Crippen molar-refractivity contribution in [2.24, 2.45) is 0 Å². The molecule has 0 saturated carbocycles. The van der Waals surface area contributed by atoms with Gasteiger partial charge in [0.05, 0.1) is 19.1 Å². The number of nitrogens with one attached hydrogen (secondary N) is 1. The van der Waals surface area contributed by atoms with Gasteiger partial charge in [-0.2, -0.15) is 4.98 Å². The molecule has 0 bridgehead atoms. The van der Waals surface area contributed by atoms with Crippen molar-refractivity contribution in [1.82, 2.24) is 19.9 Å². The third-order valence-corrected chi connectivity index (χ3v) is 2.88. The number of aromatic amines is 1. The number of hydrogen-bond donors (Lipinski definition) is 2. The zero-order valence-electron chi connectivity index (χ0n) is 10.4. The summed E-state index contributed by atoms with van der Waals surface area (Å²) in [5.41, 5.74) is 9.02. The molecule has 0 spiro atoms. The van der Waals surface area contributed by atoms with Gasteiger partial charge in [-0.3, -0.25) is 0 Å². The average molecular weight is 255 g/mol. The van der Waals surface area contributed by atoms with Gasteiger partial charge in [0.1, 0.15) is 11.3 Å². The highest BCUT2D eigenvalue weighted by atomic mass is 16.5. The van der Waals surface area contributed by atoms with Gasteiger partial charge in [0.15, 0.2) is 5.65 Å². The number of rotatable bonds is 3. The normalized spacial score (nSPS) is 10.8. The molecular formula is C13H13N5O. The highest BCUT2D eigenvalue weighted by molar-refractivity contribution is 5.74. The molecule has 6 nitrogen and oxygen atoms in total. The molecule has 0 aliphatic carbocycles. The van der Waals surface area contributed by atoms with Crippen LogP contribution in [-0.2, 0) is 6.42 Å². The predicted octanol–water partition coefficient (Wildman–Crippen LogP) is 1.53. The Hall–Kier alpha value is -2.63. The maximum Gasteiger partial charge on any atom is 0.222 e. The lowest BCUT2D eigenvalue weighted by atomic mass is 10.1. The van der Waals surface area contributed by atoms with Gasteiger partial charge in [-0.1, -0.05) is 12.1 Å². The van der Waals surface area contributed by atoms with Gasteiger partial charge in [-0.05, 0) is 17.7 Å². The van der Waals surface area contributed by atoms with Crippen LogP contribution in [-0.4, -0.2) is 27.0 Å². The molecule has 3 N–H and O–H groups in total. The van der Waals surface area contributed by atoms with Gasteiger partial charge in [-0.15, -0.1) is 0 Å². The lowest BCUT2D eigenvalue weighted by Gasteiger charge is -2.05. The van der Waals surface area contributed by atoms with Crippen LogP contribution in [0.4, 0.5) is 5.95 Å². The quantitative estimate of drug-likeness (QED) is 0.740. The SMILES string of the molecule is COc1cccc(Cc2nc(N)nc3nc[nH]c23)c1. The molecule has 0 amide bonds. The van der Waals surface area contributed by atoms with Crippen LogP contribution >= 0.6 is 0 Å². The maximum atomic E-state index is 5.69. The summed E-state index contributed by atoms with van der Waals surface area (Å²) in [5.74, 6) is 1.05. The summed E-state index contributed by atoms with van der Waals surface area (Å²) in [6.45, 7) is 0. The number of anilines is 1. The molecule has 6 heteroatoms. The Morgan fingerprint density at radius 2 is 2.21 bits per heavy atom. The van der Waals surface area contributed by atoms with Gasteiger partial charge >= 0.3 is 0 Å². The van der Waals surface area contributed by atoms with Crippen molar-refractivity contribution in [2.75, 3.05) is 12.8 Å². The van der Waals surface area contributed by atoms with Crippen LogP contribution in [0.25, 0.3) is 11.2 Å². The van der Waals surface area contributed by atoms with E-state index in [0.29, 0.717) is 12.1 Å². The van der Waals surface area contributed by atoms with E-state index in [4.69, 9.17) is 10.5 Å². The molecular weight excluding hydrogens is 242 g/mol. The molecule has 0 atom stereocenters. The van der Waals surface area contributed by atoms with Gasteiger partial charge in [-0.25, -0.2) is 9.97 Å². The molecule has 19 heavy (non-hydrogen) atoms. The molecule has 0 saturated heterocycles. The number of nitrogen functional groups attached to an aromatic ring is 1. The fraction of sp³-hybridized carbons (Fsp3) is 0.154. The van der Waals surface area contributed by atoms with Crippen LogP contribution < -0.4 is 10.5 Å². The average Bonchev–Trinajstić information content (AvgIpc) is 2.87. The van der Waals surface area contributed by atoms with E-state index in [2.05, 4.69) is 19.9 Å². The van der Waals surface area contributed by atoms with Gasteiger partial charge in [0.2, 0.25) is 5.95 Å². The van der Waals surface area contributed by atoms with Crippen molar-refractivity contribution in [3.8, 4) is 5.75 Å². The largest absolute Gasteiger partial charge is 0.497 e. The van der Waals surface area contributed by atoms with Crippen molar-refractivity contribution in [3.63, 3.8) is 0 Å². The monoisotopic (exact) mass is 255 g/mol. The minimum Gasteiger partial charge on any atom is -0.497 e. The Morgan fingerprint density at radius 1 is 1.32 bits per heavy atom. The molecule has 0 radical (unpaired) electrons. The number of fused-ring (bicyclic) bond motifs is 1. The molecule has 0 unspecified atom stereocenters. The summed E-state index contributed by atoms with van der Waals surface area (Å²) in [4.78, 5) is 15.5. The molecule has 3 aromatic rings. The first-order chi connectivity index (χ1) is 9.26. The van der Waals surface area contributed by atoms with Crippen molar-refractivity contribution >= 4 is 17.1 Å². The second-order valence-corrected chi connectivity index (χ2v) is 4.16. The van der Waals surface area contributed by atoms with Crippen LogP contribution in [0.15, 0.2) is 30.6 Å². The Morgan fingerprint density at radius 3 is 3.05 bits per heavy atom. The van der Waals surface area contributed by atoms with Crippen molar-refractivity contribution < 1.29 is 4.74 Å². The Kier molecular flexibility index (Phi) is 2.75. The fourth-order valence-electron chi connectivity index (χ4n) is 2.02. The zero-order chi connectivity index (χ0) is 13.2. The first-order valence-corrected chi connectivity index (χ1v) is 5.84. The molecule has 96 valence electrons. The summed E-state index contributed by atoms with van der Waals surface area (Å²) in [6.07, 6.45) is 2.23. The smallest absolute Gasteiger partial charge is 0.222 e. The number of methoxy groups -OCH3 is 1. The highest BCUT2D eigenvalue weighted by Gasteiger charge is 2.09. The first-order valence-electron chi connectivity index (χ1n) is 5.84. The lowest BCUT2D eigenvalue weighted by molar-refractivity contribution is 0.414.